The zero-order valence-electron chi connectivity index (χ0n) is 22.4. The summed E-state index contributed by atoms with van der Waals surface area (Å²) in [5.74, 6) is 0.311. The number of allylic oxidation sites excluding steroid dienone is 12. The Morgan fingerprint density at radius 3 is 1.03 bits per heavy atom. The summed E-state index contributed by atoms with van der Waals surface area (Å²) < 4.78 is 0. The number of hydrogen-bond acceptors (Lipinski definition) is 1. The lowest BCUT2D eigenvalue weighted by Gasteiger charge is -2.02. The lowest BCUT2D eigenvalue weighted by Crippen LogP contribution is -1.94. The zero-order chi connectivity index (χ0) is 24.4. The maximum absolute atomic E-state index is 12.2. The van der Waals surface area contributed by atoms with E-state index in [4.69, 9.17) is 0 Å². The Labute approximate surface area is 200 Å². The summed E-state index contributed by atoms with van der Waals surface area (Å²) in [7, 11) is 0. The van der Waals surface area contributed by atoms with Crippen LogP contribution in [-0.4, -0.2) is 5.78 Å². The molecule has 0 N–H and O–H groups in total. The highest BCUT2D eigenvalue weighted by molar-refractivity contribution is 5.81. The molecule has 0 fully saturated rings. The Morgan fingerprint density at radius 1 is 0.438 bits per heavy atom. The minimum atomic E-state index is 0.311. The van der Waals surface area contributed by atoms with Gasteiger partial charge in [-0.05, 0) is 107 Å². The van der Waals surface area contributed by atoms with Gasteiger partial charge in [-0.15, -0.1) is 0 Å². The summed E-state index contributed by atoms with van der Waals surface area (Å²) in [5.41, 5.74) is 8.35. The van der Waals surface area contributed by atoms with Crippen molar-refractivity contribution in [3.05, 3.63) is 69.9 Å². The van der Waals surface area contributed by atoms with E-state index < -0.39 is 0 Å². The molecule has 0 saturated carbocycles. The highest BCUT2D eigenvalue weighted by Gasteiger charge is 1.99. The lowest BCUT2D eigenvalue weighted by molar-refractivity contribution is -0.117. The van der Waals surface area contributed by atoms with Crippen molar-refractivity contribution in [3.8, 4) is 0 Å². The minimum absolute atomic E-state index is 0.311. The molecule has 0 aliphatic rings. The van der Waals surface area contributed by atoms with Gasteiger partial charge in [0.1, 0.15) is 5.78 Å². The second-order valence-corrected chi connectivity index (χ2v) is 9.87. The number of Topliss-reactive ketones (excluding diaryl/α,β-unsaturated/α-hetero) is 1. The van der Waals surface area contributed by atoms with Crippen LogP contribution in [0.1, 0.15) is 120 Å². The van der Waals surface area contributed by atoms with Crippen molar-refractivity contribution in [2.75, 3.05) is 0 Å². The topological polar surface area (TPSA) is 17.1 Å². The van der Waals surface area contributed by atoms with Gasteiger partial charge < -0.3 is 0 Å². The molecule has 1 nitrogen and oxygen atoms in total. The first kappa shape index (κ1) is 30.1. The predicted octanol–water partition coefficient (Wildman–Crippen LogP) is 10.2. The maximum Gasteiger partial charge on any atom is 0.140 e. The molecule has 0 aromatic rings. The van der Waals surface area contributed by atoms with Crippen LogP contribution in [0.2, 0.25) is 0 Å². The molecule has 0 radical (unpaired) electrons. The Hall–Kier alpha value is -1.89. The number of ketones is 1. The SMILES string of the molecule is CC(C)=CCCC(C)=CCCC(C)=CCC(=O)CC=C(C)CCC=C(C)CCC=C(C)C. The van der Waals surface area contributed by atoms with Crippen molar-refractivity contribution in [1.29, 1.82) is 0 Å². The Kier molecular flexibility index (Phi) is 17.6. The van der Waals surface area contributed by atoms with Gasteiger partial charge in [-0.1, -0.05) is 69.9 Å². The Bertz CT molecular complexity index is 664. The highest BCUT2D eigenvalue weighted by Crippen LogP contribution is 2.14. The van der Waals surface area contributed by atoms with E-state index in [1.54, 1.807) is 0 Å². The fourth-order valence-electron chi connectivity index (χ4n) is 3.34. The molecule has 0 aromatic carbocycles. The summed E-state index contributed by atoms with van der Waals surface area (Å²) in [6, 6.07) is 0. The second-order valence-electron chi connectivity index (χ2n) is 9.87. The van der Waals surface area contributed by atoms with Crippen LogP contribution >= 0.6 is 0 Å². The third-order valence-electron chi connectivity index (χ3n) is 5.60. The number of hydrogen-bond donors (Lipinski definition) is 0. The largest absolute Gasteiger partial charge is 0.299 e. The summed E-state index contributed by atoms with van der Waals surface area (Å²) >= 11 is 0. The van der Waals surface area contributed by atoms with Crippen molar-refractivity contribution in [2.24, 2.45) is 0 Å². The van der Waals surface area contributed by atoms with Crippen LogP contribution in [0, 0.1) is 0 Å². The molecule has 1 heteroatoms. The van der Waals surface area contributed by atoms with Crippen molar-refractivity contribution in [2.45, 2.75) is 120 Å². The summed E-state index contributed by atoms with van der Waals surface area (Å²) in [5, 5.41) is 0. The van der Waals surface area contributed by atoms with E-state index in [0.29, 0.717) is 18.6 Å². The molecule has 0 aromatic heterocycles. The van der Waals surface area contributed by atoms with Crippen LogP contribution in [0.25, 0.3) is 0 Å². The molecule has 0 saturated heterocycles. The van der Waals surface area contributed by atoms with Crippen LogP contribution in [-0.2, 0) is 4.79 Å². The molecule has 180 valence electrons. The summed E-state index contributed by atoms with van der Waals surface area (Å²) in [6.07, 6.45) is 23.4. The van der Waals surface area contributed by atoms with Gasteiger partial charge >= 0.3 is 0 Å². The van der Waals surface area contributed by atoms with Gasteiger partial charge in [0.15, 0.2) is 0 Å². The molecule has 0 aliphatic carbocycles. The van der Waals surface area contributed by atoms with E-state index in [2.05, 4.69) is 91.8 Å². The maximum atomic E-state index is 12.2. The third-order valence-corrected chi connectivity index (χ3v) is 5.60. The zero-order valence-corrected chi connectivity index (χ0v) is 22.4. The van der Waals surface area contributed by atoms with Crippen LogP contribution in [0.4, 0.5) is 0 Å². The molecule has 0 bridgehead atoms. The molecule has 0 heterocycles. The van der Waals surface area contributed by atoms with E-state index in [1.807, 2.05) is 0 Å². The van der Waals surface area contributed by atoms with E-state index in [9.17, 15) is 4.79 Å². The van der Waals surface area contributed by atoms with Crippen molar-refractivity contribution in [1.82, 2.24) is 0 Å². The summed E-state index contributed by atoms with van der Waals surface area (Å²) in [6.45, 7) is 17.3. The first-order valence-electron chi connectivity index (χ1n) is 12.5. The van der Waals surface area contributed by atoms with Crippen LogP contribution < -0.4 is 0 Å². The van der Waals surface area contributed by atoms with E-state index in [-0.39, 0.29) is 0 Å². The van der Waals surface area contributed by atoms with Crippen molar-refractivity contribution >= 4 is 5.78 Å². The van der Waals surface area contributed by atoms with Gasteiger partial charge in [0.05, 0.1) is 0 Å². The molecular formula is C31H50O. The van der Waals surface area contributed by atoms with Crippen molar-refractivity contribution in [3.63, 3.8) is 0 Å². The molecule has 0 aliphatic heterocycles. The molecule has 0 amide bonds. The molecular weight excluding hydrogens is 388 g/mol. The van der Waals surface area contributed by atoms with Gasteiger partial charge in [-0.2, -0.15) is 0 Å². The molecule has 0 unspecified atom stereocenters. The van der Waals surface area contributed by atoms with Crippen LogP contribution in [0.15, 0.2) is 69.9 Å². The van der Waals surface area contributed by atoms with E-state index in [1.165, 1.54) is 33.4 Å². The van der Waals surface area contributed by atoms with Crippen LogP contribution in [0.5, 0.6) is 0 Å². The van der Waals surface area contributed by atoms with Gasteiger partial charge in [0.2, 0.25) is 0 Å². The number of carbonyl (C=O) groups excluding carboxylic acids is 1. The van der Waals surface area contributed by atoms with Gasteiger partial charge in [0, 0.05) is 12.8 Å². The average molecular weight is 439 g/mol. The normalized spacial score (nSPS) is 13.2. The molecule has 0 rings (SSSR count). The van der Waals surface area contributed by atoms with Crippen LogP contribution in [0.3, 0.4) is 0 Å². The standard InChI is InChI=1S/C31H50O/c1-25(2)13-9-15-27(5)17-11-19-29(7)21-23-31(32)24-22-30(8)20-12-18-28(6)16-10-14-26(3)4/h13-14,17-18,21-22H,9-12,15-16,19-20,23-24H2,1-8H3. The highest BCUT2D eigenvalue weighted by atomic mass is 16.1. The Morgan fingerprint density at radius 2 is 0.719 bits per heavy atom. The number of rotatable bonds is 16. The van der Waals surface area contributed by atoms with E-state index >= 15 is 0 Å². The fourth-order valence-corrected chi connectivity index (χ4v) is 3.34. The van der Waals surface area contributed by atoms with E-state index in [0.717, 1.165) is 51.4 Å². The first-order chi connectivity index (χ1) is 15.1. The van der Waals surface area contributed by atoms with Gasteiger partial charge in [-0.3, -0.25) is 4.79 Å². The second kappa shape index (κ2) is 18.7. The molecule has 0 spiro atoms. The minimum Gasteiger partial charge on any atom is -0.299 e. The number of carbonyl (C=O) groups is 1. The fraction of sp³-hybridized carbons (Fsp3) is 0.581. The Balaban J connectivity index is 4.19. The third kappa shape index (κ3) is 20.0. The van der Waals surface area contributed by atoms with Gasteiger partial charge in [0.25, 0.3) is 0 Å². The molecule has 32 heavy (non-hydrogen) atoms. The first-order valence-corrected chi connectivity index (χ1v) is 12.5. The monoisotopic (exact) mass is 438 g/mol. The van der Waals surface area contributed by atoms with Crippen molar-refractivity contribution < 1.29 is 4.79 Å². The smallest absolute Gasteiger partial charge is 0.140 e. The molecule has 0 atom stereocenters. The summed E-state index contributed by atoms with van der Waals surface area (Å²) in [4.78, 5) is 12.2. The quantitative estimate of drug-likeness (QED) is 0.219. The predicted molar refractivity (Wildman–Crippen MR) is 145 cm³/mol. The lowest BCUT2D eigenvalue weighted by atomic mass is 10.0. The average Bonchev–Trinajstić information content (AvgIpc) is 2.70. The van der Waals surface area contributed by atoms with Gasteiger partial charge in [-0.25, -0.2) is 0 Å².